The lowest BCUT2D eigenvalue weighted by molar-refractivity contribution is -0.143. The number of allylic oxidation sites excluding steroid dienone is 6. The van der Waals surface area contributed by atoms with Crippen molar-refractivity contribution in [2.75, 3.05) is 13.2 Å². The highest BCUT2D eigenvalue weighted by atomic mass is 16.5. The van der Waals surface area contributed by atoms with Crippen LogP contribution in [-0.2, 0) is 14.3 Å². The monoisotopic (exact) mass is 914 g/mol. The highest BCUT2D eigenvalue weighted by Gasteiger charge is 2.20. The lowest BCUT2D eigenvalue weighted by atomic mass is 10.0. The van der Waals surface area contributed by atoms with Gasteiger partial charge in [0.25, 0.3) is 0 Å². The Kier molecular flexibility index (Phi) is 53.1. The number of amides is 1. The number of hydrogen-bond acceptors (Lipinski definition) is 5. The molecule has 65 heavy (non-hydrogen) atoms. The van der Waals surface area contributed by atoms with E-state index in [1.165, 1.54) is 199 Å². The highest BCUT2D eigenvalue weighted by molar-refractivity contribution is 5.76. The minimum Gasteiger partial charge on any atom is -0.466 e. The van der Waals surface area contributed by atoms with Gasteiger partial charge in [-0.3, -0.25) is 9.59 Å². The van der Waals surface area contributed by atoms with Crippen molar-refractivity contribution in [1.29, 1.82) is 0 Å². The van der Waals surface area contributed by atoms with Crippen LogP contribution in [0.5, 0.6) is 0 Å². The Labute approximate surface area is 404 Å². The Morgan fingerprint density at radius 1 is 0.431 bits per heavy atom. The molecule has 0 fully saturated rings. The van der Waals surface area contributed by atoms with Crippen LogP contribution in [0.25, 0.3) is 0 Å². The summed E-state index contributed by atoms with van der Waals surface area (Å²) in [6.45, 7) is 4.91. The largest absolute Gasteiger partial charge is 0.466 e. The van der Waals surface area contributed by atoms with Crippen molar-refractivity contribution in [3.05, 3.63) is 36.5 Å². The number of esters is 1. The van der Waals surface area contributed by atoms with Crippen LogP contribution in [0.15, 0.2) is 36.5 Å². The van der Waals surface area contributed by atoms with Gasteiger partial charge in [0.2, 0.25) is 5.91 Å². The molecule has 0 aromatic heterocycles. The molecule has 0 spiro atoms. The van der Waals surface area contributed by atoms with E-state index in [4.69, 9.17) is 4.74 Å². The number of ether oxygens (including phenoxy) is 1. The number of nitrogens with one attached hydrogen (secondary N) is 1. The molecule has 0 radical (unpaired) electrons. The van der Waals surface area contributed by atoms with Crippen LogP contribution in [0.1, 0.15) is 303 Å². The molecule has 1 amide bonds. The highest BCUT2D eigenvalue weighted by Crippen LogP contribution is 2.16. The average molecular weight is 915 g/mol. The molecule has 6 nitrogen and oxygen atoms in total. The Hall–Kier alpha value is -1.92. The molecule has 3 N–H and O–H groups in total. The van der Waals surface area contributed by atoms with Gasteiger partial charge >= 0.3 is 5.97 Å². The summed E-state index contributed by atoms with van der Waals surface area (Å²) >= 11 is 0. The van der Waals surface area contributed by atoms with E-state index in [9.17, 15) is 19.8 Å². The van der Waals surface area contributed by atoms with E-state index in [1.807, 2.05) is 0 Å². The third-order valence-corrected chi connectivity index (χ3v) is 13.2. The summed E-state index contributed by atoms with van der Waals surface area (Å²) in [5, 5.41) is 23.3. The van der Waals surface area contributed by atoms with Crippen LogP contribution < -0.4 is 5.32 Å². The zero-order valence-corrected chi connectivity index (χ0v) is 43.5. The summed E-state index contributed by atoms with van der Waals surface area (Å²) in [6, 6.07) is -0.552. The quantitative estimate of drug-likeness (QED) is 0.0321. The molecule has 0 aliphatic rings. The molecule has 6 heteroatoms. The SMILES string of the molecule is CCCCC/C=C\C/C=C\CCCCCCCC(=O)OCCCCCCCCCCC/C=C\CCCCCCCC(=O)NC(CO)C(O)CCCCCCCCCCCCCCCCC. The first-order valence-corrected chi connectivity index (χ1v) is 28.7. The maximum atomic E-state index is 12.5. The summed E-state index contributed by atoms with van der Waals surface area (Å²) < 4.78 is 5.47. The average Bonchev–Trinajstić information content (AvgIpc) is 3.31. The van der Waals surface area contributed by atoms with Gasteiger partial charge in [-0.1, -0.05) is 243 Å². The standard InChI is InChI=1S/C59H111NO5/c1-3-5-7-9-11-13-15-17-23-27-31-35-39-43-47-51-57(62)56(55-61)60-58(63)52-48-44-40-36-32-28-25-21-19-20-22-26-30-34-38-42-46-50-54-65-59(64)53-49-45-41-37-33-29-24-18-16-14-12-10-8-6-4-2/h12,14,18,21,24-25,56-57,61-62H,3-11,13,15-17,19-20,22-23,26-55H2,1-2H3,(H,60,63)/b14-12-,24-18-,25-21-. The van der Waals surface area contributed by atoms with Gasteiger partial charge < -0.3 is 20.3 Å². The van der Waals surface area contributed by atoms with Crippen LogP contribution in [0.4, 0.5) is 0 Å². The van der Waals surface area contributed by atoms with E-state index < -0.39 is 12.1 Å². The number of unbranched alkanes of at least 4 members (excludes halogenated alkanes) is 36. The van der Waals surface area contributed by atoms with Crippen molar-refractivity contribution >= 4 is 11.9 Å². The van der Waals surface area contributed by atoms with Crippen LogP contribution in [0.2, 0.25) is 0 Å². The maximum Gasteiger partial charge on any atom is 0.305 e. The van der Waals surface area contributed by atoms with Crippen molar-refractivity contribution in [3.63, 3.8) is 0 Å². The fourth-order valence-electron chi connectivity index (χ4n) is 8.72. The first-order valence-electron chi connectivity index (χ1n) is 28.7. The summed E-state index contributed by atoms with van der Waals surface area (Å²) in [4.78, 5) is 24.5. The van der Waals surface area contributed by atoms with E-state index in [0.29, 0.717) is 25.9 Å². The molecular weight excluding hydrogens is 803 g/mol. The van der Waals surface area contributed by atoms with E-state index >= 15 is 0 Å². The molecule has 0 saturated heterocycles. The number of carbonyl (C=O) groups excluding carboxylic acids is 2. The molecule has 382 valence electrons. The van der Waals surface area contributed by atoms with Gasteiger partial charge in [-0.25, -0.2) is 0 Å². The normalized spacial score (nSPS) is 12.9. The van der Waals surface area contributed by atoms with Crippen molar-refractivity contribution in [2.45, 2.75) is 315 Å². The van der Waals surface area contributed by atoms with Gasteiger partial charge in [0, 0.05) is 12.8 Å². The van der Waals surface area contributed by atoms with Gasteiger partial charge in [0.05, 0.1) is 25.4 Å². The third kappa shape index (κ3) is 51.3. The minimum absolute atomic E-state index is 0.0112. The predicted octanol–water partition coefficient (Wildman–Crippen LogP) is 17.6. The first kappa shape index (κ1) is 63.1. The molecule has 0 aliphatic heterocycles. The van der Waals surface area contributed by atoms with E-state index in [1.54, 1.807) is 0 Å². The molecular formula is C59H111NO5. The van der Waals surface area contributed by atoms with Gasteiger partial charge in [-0.15, -0.1) is 0 Å². The van der Waals surface area contributed by atoms with Gasteiger partial charge in [-0.2, -0.15) is 0 Å². The number of hydrogen-bond donors (Lipinski definition) is 3. The summed E-state index contributed by atoms with van der Waals surface area (Å²) in [5.74, 6) is -0.0602. The number of carbonyl (C=O) groups is 2. The lowest BCUT2D eigenvalue weighted by Gasteiger charge is -2.22. The summed E-state index contributed by atoms with van der Waals surface area (Å²) in [6.07, 6.45) is 67.0. The molecule has 0 aromatic rings. The van der Waals surface area contributed by atoms with Gasteiger partial charge in [0.1, 0.15) is 0 Å². The summed E-state index contributed by atoms with van der Waals surface area (Å²) in [5.41, 5.74) is 0. The fraction of sp³-hybridized carbons (Fsp3) is 0.864. The second kappa shape index (κ2) is 54.7. The summed E-state index contributed by atoms with van der Waals surface area (Å²) in [7, 11) is 0. The van der Waals surface area contributed by atoms with Crippen LogP contribution in [0, 0.1) is 0 Å². The molecule has 2 unspecified atom stereocenters. The second-order valence-electron chi connectivity index (χ2n) is 19.6. The minimum atomic E-state index is -0.673. The Balaban J connectivity index is 3.46. The predicted molar refractivity (Wildman–Crippen MR) is 283 cm³/mol. The Morgan fingerprint density at radius 3 is 1.22 bits per heavy atom. The van der Waals surface area contributed by atoms with Crippen molar-refractivity contribution < 1.29 is 24.5 Å². The topological polar surface area (TPSA) is 95.9 Å². The van der Waals surface area contributed by atoms with Crippen molar-refractivity contribution in [2.24, 2.45) is 0 Å². The number of rotatable bonds is 53. The molecule has 2 atom stereocenters. The van der Waals surface area contributed by atoms with Crippen LogP contribution >= 0.6 is 0 Å². The molecule has 0 rings (SSSR count). The van der Waals surface area contributed by atoms with Gasteiger partial charge in [0.15, 0.2) is 0 Å². The fourth-order valence-corrected chi connectivity index (χ4v) is 8.72. The zero-order chi connectivity index (χ0) is 47.2. The first-order chi connectivity index (χ1) is 32.0. The van der Waals surface area contributed by atoms with E-state index in [2.05, 4.69) is 55.6 Å². The molecule has 0 heterocycles. The Morgan fingerprint density at radius 2 is 0.769 bits per heavy atom. The molecule has 0 saturated carbocycles. The zero-order valence-electron chi connectivity index (χ0n) is 43.5. The third-order valence-electron chi connectivity index (χ3n) is 13.2. The number of aliphatic hydroxyl groups is 2. The van der Waals surface area contributed by atoms with Crippen molar-refractivity contribution in [3.8, 4) is 0 Å². The number of aliphatic hydroxyl groups excluding tert-OH is 2. The second-order valence-corrected chi connectivity index (χ2v) is 19.6. The molecule has 0 aliphatic carbocycles. The Bertz CT molecular complexity index is 1060. The van der Waals surface area contributed by atoms with E-state index in [-0.39, 0.29) is 18.5 Å². The van der Waals surface area contributed by atoms with Crippen LogP contribution in [-0.4, -0.2) is 47.4 Å². The van der Waals surface area contributed by atoms with Gasteiger partial charge in [-0.05, 0) is 83.5 Å². The smallest absolute Gasteiger partial charge is 0.305 e. The van der Waals surface area contributed by atoms with E-state index in [0.717, 1.165) is 70.6 Å². The maximum absolute atomic E-state index is 12.5. The lowest BCUT2D eigenvalue weighted by Crippen LogP contribution is -2.45. The molecule has 0 aromatic carbocycles. The van der Waals surface area contributed by atoms with Crippen molar-refractivity contribution in [1.82, 2.24) is 5.32 Å². The van der Waals surface area contributed by atoms with Crippen LogP contribution in [0.3, 0.4) is 0 Å². The molecule has 0 bridgehead atoms.